The van der Waals surface area contributed by atoms with Crippen LogP contribution in [-0.2, 0) is 4.79 Å². The molecule has 2 rings (SSSR count). The molecule has 1 aromatic rings. The molecule has 2 N–H and O–H groups in total. The van der Waals surface area contributed by atoms with E-state index in [4.69, 9.17) is 12.2 Å². The highest BCUT2D eigenvalue weighted by Gasteiger charge is 2.20. The van der Waals surface area contributed by atoms with Gasteiger partial charge in [0.1, 0.15) is 0 Å². The predicted molar refractivity (Wildman–Crippen MR) is 117 cm³/mol. The van der Waals surface area contributed by atoms with Gasteiger partial charge in [-0.3, -0.25) is 9.69 Å². The third-order valence-corrected chi connectivity index (χ3v) is 4.95. The molecular weight excluding hydrogens is 356 g/mol. The van der Waals surface area contributed by atoms with Crippen LogP contribution in [0.15, 0.2) is 24.3 Å². The molecule has 27 heavy (non-hydrogen) atoms. The van der Waals surface area contributed by atoms with E-state index in [9.17, 15) is 4.79 Å². The van der Waals surface area contributed by atoms with Crippen LogP contribution < -0.4 is 10.6 Å². The quantitative estimate of drug-likeness (QED) is 0.772. The molecule has 5 nitrogen and oxygen atoms in total. The number of carbonyl (C=O) groups excluding carboxylic acids is 1. The third kappa shape index (κ3) is 7.46. The van der Waals surface area contributed by atoms with E-state index in [0.29, 0.717) is 12.5 Å². The summed E-state index contributed by atoms with van der Waals surface area (Å²) in [5, 5.41) is 7.14. The molecule has 0 atom stereocenters. The van der Waals surface area contributed by atoms with E-state index in [1.807, 2.05) is 20.8 Å². The zero-order chi connectivity index (χ0) is 20.0. The molecule has 6 heteroatoms. The summed E-state index contributed by atoms with van der Waals surface area (Å²) in [6.07, 6.45) is 0.997. The minimum atomic E-state index is -0.189. The Morgan fingerprint density at radius 3 is 2.37 bits per heavy atom. The average molecular weight is 391 g/mol. The van der Waals surface area contributed by atoms with Crippen molar-refractivity contribution >= 4 is 28.9 Å². The SMILES string of the molecule is CC(C)c1ccc(NC(=S)N2CCCN(CC(=O)NC(C)(C)C)CC2)cc1. The van der Waals surface area contributed by atoms with Crippen LogP contribution in [0.5, 0.6) is 0 Å². The largest absolute Gasteiger partial charge is 0.350 e. The molecule has 0 saturated carbocycles. The maximum atomic E-state index is 12.2. The van der Waals surface area contributed by atoms with E-state index in [0.717, 1.165) is 43.4 Å². The number of nitrogens with one attached hydrogen (secondary N) is 2. The number of anilines is 1. The van der Waals surface area contributed by atoms with Crippen molar-refractivity contribution in [2.45, 2.75) is 52.5 Å². The van der Waals surface area contributed by atoms with Crippen LogP contribution in [-0.4, -0.2) is 59.1 Å². The lowest BCUT2D eigenvalue weighted by Gasteiger charge is -2.26. The smallest absolute Gasteiger partial charge is 0.234 e. The molecule has 1 heterocycles. The highest BCUT2D eigenvalue weighted by atomic mass is 32.1. The van der Waals surface area contributed by atoms with Crippen molar-refractivity contribution in [3.05, 3.63) is 29.8 Å². The minimum Gasteiger partial charge on any atom is -0.350 e. The maximum absolute atomic E-state index is 12.2. The van der Waals surface area contributed by atoms with Gasteiger partial charge >= 0.3 is 0 Å². The number of benzene rings is 1. The monoisotopic (exact) mass is 390 g/mol. The first kappa shape index (κ1) is 21.6. The Bertz CT molecular complexity index is 637. The zero-order valence-corrected chi connectivity index (χ0v) is 18.2. The second-order valence-electron chi connectivity index (χ2n) is 8.62. The summed E-state index contributed by atoms with van der Waals surface area (Å²) in [5.41, 5.74) is 2.16. The lowest BCUT2D eigenvalue weighted by atomic mass is 10.0. The second kappa shape index (κ2) is 9.51. The summed E-state index contributed by atoms with van der Waals surface area (Å²) in [7, 11) is 0. The number of hydrogen-bond acceptors (Lipinski definition) is 3. The molecule has 1 aromatic carbocycles. The Hall–Kier alpha value is -1.66. The molecule has 1 saturated heterocycles. The molecule has 0 unspecified atom stereocenters. The number of rotatable bonds is 4. The van der Waals surface area contributed by atoms with E-state index in [1.165, 1.54) is 5.56 Å². The summed E-state index contributed by atoms with van der Waals surface area (Å²) in [5.74, 6) is 0.611. The van der Waals surface area contributed by atoms with Gasteiger partial charge in [-0.25, -0.2) is 0 Å². The topological polar surface area (TPSA) is 47.6 Å². The summed E-state index contributed by atoms with van der Waals surface area (Å²) in [4.78, 5) is 16.6. The molecule has 1 amide bonds. The summed E-state index contributed by atoms with van der Waals surface area (Å²) >= 11 is 5.62. The van der Waals surface area contributed by atoms with Gasteiger partial charge in [0.2, 0.25) is 5.91 Å². The fourth-order valence-electron chi connectivity index (χ4n) is 3.15. The number of thiocarbonyl (C=S) groups is 1. The molecule has 0 aromatic heterocycles. The standard InChI is InChI=1S/C21H34N4OS/c1-16(2)17-7-9-18(10-8-17)22-20(27)25-12-6-11-24(13-14-25)15-19(26)23-21(3,4)5/h7-10,16H,6,11-15H2,1-5H3,(H,22,27)(H,23,26). The van der Waals surface area contributed by atoms with Gasteiger partial charge in [-0.1, -0.05) is 26.0 Å². The molecule has 0 radical (unpaired) electrons. The van der Waals surface area contributed by atoms with Gasteiger partial charge in [0.05, 0.1) is 6.54 Å². The van der Waals surface area contributed by atoms with Gasteiger partial charge in [-0.05, 0) is 63.0 Å². The highest BCUT2D eigenvalue weighted by Crippen LogP contribution is 2.17. The van der Waals surface area contributed by atoms with Crippen LogP contribution >= 0.6 is 12.2 Å². The van der Waals surface area contributed by atoms with Crippen molar-refractivity contribution < 1.29 is 4.79 Å². The van der Waals surface area contributed by atoms with E-state index in [-0.39, 0.29) is 11.4 Å². The Morgan fingerprint density at radius 1 is 1.11 bits per heavy atom. The fraction of sp³-hybridized carbons (Fsp3) is 0.619. The number of hydrogen-bond donors (Lipinski definition) is 2. The van der Waals surface area contributed by atoms with Crippen LogP contribution in [0.25, 0.3) is 0 Å². The molecule has 1 fully saturated rings. The van der Waals surface area contributed by atoms with Crippen molar-refractivity contribution in [1.29, 1.82) is 0 Å². The average Bonchev–Trinajstić information content (AvgIpc) is 2.79. The Balaban J connectivity index is 1.84. The zero-order valence-electron chi connectivity index (χ0n) is 17.3. The molecular formula is C21H34N4OS. The lowest BCUT2D eigenvalue weighted by Crippen LogP contribution is -2.46. The summed E-state index contributed by atoms with van der Waals surface area (Å²) in [6.45, 7) is 14.3. The van der Waals surface area contributed by atoms with Gasteiger partial charge in [0.15, 0.2) is 5.11 Å². The molecule has 1 aliphatic heterocycles. The minimum absolute atomic E-state index is 0.0851. The van der Waals surface area contributed by atoms with Gasteiger partial charge in [0.25, 0.3) is 0 Å². The Labute approximate surface area is 169 Å². The van der Waals surface area contributed by atoms with Gasteiger partial charge in [-0.2, -0.15) is 0 Å². The van der Waals surface area contributed by atoms with E-state index in [1.54, 1.807) is 0 Å². The second-order valence-corrected chi connectivity index (χ2v) is 9.01. The summed E-state index contributed by atoms with van der Waals surface area (Å²) in [6, 6.07) is 8.46. The first-order chi connectivity index (χ1) is 12.6. The molecule has 1 aliphatic rings. The first-order valence-corrected chi connectivity index (χ1v) is 10.2. The van der Waals surface area contributed by atoms with Crippen molar-refractivity contribution in [1.82, 2.24) is 15.1 Å². The number of amides is 1. The van der Waals surface area contributed by atoms with Crippen LogP contribution in [0.2, 0.25) is 0 Å². The fourth-order valence-corrected chi connectivity index (χ4v) is 3.45. The van der Waals surface area contributed by atoms with Crippen molar-refractivity contribution in [2.24, 2.45) is 0 Å². The molecule has 0 spiro atoms. The number of nitrogens with zero attached hydrogens (tertiary/aromatic N) is 2. The van der Waals surface area contributed by atoms with Crippen LogP contribution in [0.4, 0.5) is 5.69 Å². The number of carbonyl (C=O) groups is 1. The van der Waals surface area contributed by atoms with Gasteiger partial charge < -0.3 is 15.5 Å². The third-order valence-electron chi connectivity index (χ3n) is 4.59. The first-order valence-electron chi connectivity index (χ1n) is 9.83. The van der Waals surface area contributed by atoms with Crippen molar-refractivity contribution in [2.75, 3.05) is 38.0 Å². The van der Waals surface area contributed by atoms with E-state index in [2.05, 4.69) is 58.5 Å². The van der Waals surface area contributed by atoms with E-state index < -0.39 is 0 Å². The van der Waals surface area contributed by atoms with Crippen molar-refractivity contribution in [3.63, 3.8) is 0 Å². The maximum Gasteiger partial charge on any atom is 0.234 e. The molecule has 150 valence electrons. The van der Waals surface area contributed by atoms with E-state index >= 15 is 0 Å². The highest BCUT2D eigenvalue weighted by molar-refractivity contribution is 7.80. The Kier molecular flexibility index (Phi) is 7.62. The normalized spacial score (nSPS) is 16.1. The lowest BCUT2D eigenvalue weighted by molar-refractivity contribution is -0.123. The van der Waals surface area contributed by atoms with Gasteiger partial charge in [-0.15, -0.1) is 0 Å². The predicted octanol–water partition coefficient (Wildman–Crippen LogP) is 3.43. The summed E-state index contributed by atoms with van der Waals surface area (Å²) < 4.78 is 0. The van der Waals surface area contributed by atoms with Crippen LogP contribution in [0, 0.1) is 0 Å². The van der Waals surface area contributed by atoms with Crippen LogP contribution in [0.1, 0.15) is 52.5 Å². The van der Waals surface area contributed by atoms with Crippen LogP contribution in [0.3, 0.4) is 0 Å². The molecule has 0 bridgehead atoms. The van der Waals surface area contributed by atoms with Crippen molar-refractivity contribution in [3.8, 4) is 0 Å². The van der Waals surface area contributed by atoms with Gasteiger partial charge in [0, 0.05) is 37.4 Å². The molecule has 0 aliphatic carbocycles. The Morgan fingerprint density at radius 2 is 1.78 bits per heavy atom.